The summed E-state index contributed by atoms with van der Waals surface area (Å²) in [6, 6.07) is 24.7. The number of nitrogens with zero attached hydrogens (tertiary/aromatic N) is 3. The second kappa shape index (κ2) is 13.7. The third-order valence-electron chi connectivity index (χ3n) is 5.75. The summed E-state index contributed by atoms with van der Waals surface area (Å²) in [6.45, 7) is 0. The lowest BCUT2D eigenvalue weighted by Gasteiger charge is -2.10. The molecular formula is C30H21N5O8. The Morgan fingerprint density at radius 1 is 0.721 bits per heavy atom. The molecule has 0 aromatic heterocycles. The summed E-state index contributed by atoms with van der Waals surface area (Å²) in [5.41, 5.74) is 2.87. The van der Waals surface area contributed by atoms with E-state index in [0.29, 0.717) is 11.1 Å². The highest BCUT2D eigenvalue weighted by atomic mass is 16.6. The molecule has 43 heavy (non-hydrogen) atoms. The lowest BCUT2D eigenvalue weighted by atomic mass is 10.1. The maximum Gasteiger partial charge on any atom is 0.343 e. The van der Waals surface area contributed by atoms with Crippen LogP contribution in [0.15, 0.2) is 114 Å². The largest absolute Gasteiger partial charge is 0.422 e. The predicted octanol–water partition coefficient (Wildman–Crippen LogP) is 4.64. The molecule has 0 aliphatic rings. The van der Waals surface area contributed by atoms with Crippen molar-refractivity contribution >= 4 is 41.4 Å². The fraction of sp³-hybridized carbons (Fsp3) is 0. The van der Waals surface area contributed by atoms with E-state index in [2.05, 4.69) is 15.8 Å². The highest BCUT2D eigenvalue weighted by Crippen LogP contribution is 2.19. The fourth-order valence-electron chi connectivity index (χ4n) is 3.58. The summed E-state index contributed by atoms with van der Waals surface area (Å²) in [4.78, 5) is 59.1. The lowest BCUT2D eigenvalue weighted by Crippen LogP contribution is -2.32. The highest BCUT2D eigenvalue weighted by molar-refractivity contribution is 6.05. The van der Waals surface area contributed by atoms with E-state index >= 15 is 0 Å². The van der Waals surface area contributed by atoms with Crippen LogP contribution in [-0.2, 0) is 4.79 Å². The van der Waals surface area contributed by atoms with Crippen LogP contribution in [0.1, 0.15) is 31.8 Å². The molecular weight excluding hydrogens is 558 g/mol. The van der Waals surface area contributed by atoms with Gasteiger partial charge in [-0.05, 0) is 60.2 Å². The Kier molecular flexibility index (Phi) is 9.41. The molecule has 13 nitrogen and oxygen atoms in total. The van der Waals surface area contributed by atoms with Crippen molar-refractivity contribution in [1.82, 2.24) is 10.7 Å². The summed E-state index contributed by atoms with van der Waals surface area (Å²) in [6.07, 6.45) is 2.55. The topological polar surface area (TPSA) is 183 Å². The zero-order valence-electron chi connectivity index (χ0n) is 22.1. The number of amides is 2. The number of carbonyl (C=O) groups excluding carboxylic acids is 3. The average Bonchev–Trinajstić information content (AvgIpc) is 3.02. The van der Waals surface area contributed by atoms with Gasteiger partial charge in [-0.15, -0.1) is 0 Å². The molecule has 2 amide bonds. The SMILES string of the molecule is O=C(N/N=C\c1ccccc1OC(=O)c1ccc([N+](=O)[O-])cc1)/C(=C/c1ccc([N+](=O)[O-])cc1)NC(=O)c1ccccc1. The summed E-state index contributed by atoms with van der Waals surface area (Å²) >= 11 is 0. The van der Waals surface area contributed by atoms with Gasteiger partial charge in [0.05, 0.1) is 21.6 Å². The number of ether oxygens (including phenoxy) is 1. The highest BCUT2D eigenvalue weighted by Gasteiger charge is 2.16. The third kappa shape index (κ3) is 8.02. The number of carbonyl (C=O) groups is 3. The van der Waals surface area contributed by atoms with Gasteiger partial charge >= 0.3 is 5.97 Å². The summed E-state index contributed by atoms with van der Waals surface area (Å²) < 4.78 is 5.41. The van der Waals surface area contributed by atoms with Crippen molar-refractivity contribution in [3.63, 3.8) is 0 Å². The minimum absolute atomic E-state index is 0.0841. The number of nitrogens with one attached hydrogen (secondary N) is 2. The van der Waals surface area contributed by atoms with Crippen LogP contribution in [0.2, 0.25) is 0 Å². The maximum absolute atomic E-state index is 13.1. The normalized spacial score (nSPS) is 11.0. The van der Waals surface area contributed by atoms with Crippen molar-refractivity contribution in [3.05, 3.63) is 151 Å². The third-order valence-corrected chi connectivity index (χ3v) is 5.75. The zero-order valence-corrected chi connectivity index (χ0v) is 22.1. The molecule has 0 atom stereocenters. The van der Waals surface area contributed by atoms with Crippen LogP contribution in [0.5, 0.6) is 5.75 Å². The molecule has 4 rings (SSSR count). The van der Waals surface area contributed by atoms with Crippen LogP contribution in [-0.4, -0.2) is 33.8 Å². The molecule has 0 spiro atoms. The number of nitro benzene ring substituents is 2. The quantitative estimate of drug-likeness (QED) is 0.0679. The Labute approximate surface area is 243 Å². The van der Waals surface area contributed by atoms with E-state index in [9.17, 15) is 34.6 Å². The number of hydrogen-bond donors (Lipinski definition) is 2. The molecule has 13 heteroatoms. The van der Waals surface area contributed by atoms with Crippen molar-refractivity contribution in [2.75, 3.05) is 0 Å². The van der Waals surface area contributed by atoms with Gasteiger partial charge in [-0.3, -0.25) is 29.8 Å². The van der Waals surface area contributed by atoms with E-state index in [-0.39, 0.29) is 33.9 Å². The molecule has 214 valence electrons. The Bertz CT molecular complexity index is 1730. The molecule has 4 aromatic carbocycles. The second-order valence-corrected chi connectivity index (χ2v) is 8.66. The van der Waals surface area contributed by atoms with E-state index in [1.54, 1.807) is 48.5 Å². The van der Waals surface area contributed by atoms with Gasteiger partial charge in [0.25, 0.3) is 23.2 Å². The monoisotopic (exact) mass is 579 g/mol. The molecule has 0 saturated carbocycles. The first-order valence-electron chi connectivity index (χ1n) is 12.4. The lowest BCUT2D eigenvalue weighted by molar-refractivity contribution is -0.385. The Balaban J connectivity index is 1.51. The number of esters is 1. The van der Waals surface area contributed by atoms with Gasteiger partial charge in [0, 0.05) is 35.4 Å². The molecule has 0 saturated heterocycles. The standard InChI is InChI=1S/C30H21N5O8/c36-28(21-6-2-1-3-7-21)32-26(18-20-10-14-24(15-11-20)34(39)40)29(37)33-31-19-23-8-4-5-9-27(23)43-30(38)22-12-16-25(17-13-22)35(41)42/h1-19H,(H,32,36)(H,33,37)/b26-18-,31-19-. The summed E-state index contributed by atoms with van der Waals surface area (Å²) in [5, 5.41) is 28.3. The minimum Gasteiger partial charge on any atom is -0.422 e. The van der Waals surface area contributed by atoms with E-state index < -0.39 is 27.6 Å². The fourth-order valence-corrected chi connectivity index (χ4v) is 3.58. The summed E-state index contributed by atoms with van der Waals surface area (Å²) in [7, 11) is 0. The molecule has 0 aliphatic heterocycles. The number of non-ortho nitro benzene ring substituents is 2. The zero-order chi connectivity index (χ0) is 30.8. The molecule has 0 unspecified atom stereocenters. The molecule has 4 aromatic rings. The molecule has 0 fully saturated rings. The van der Waals surface area contributed by atoms with Crippen molar-refractivity contribution in [1.29, 1.82) is 0 Å². The van der Waals surface area contributed by atoms with Gasteiger partial charge < -0.3 is 10.1 Å². The maximum atomic E-state index is 13.1. The van der Waals surface area contributed by atoms with E-state index in [0.717, 1.165) is 0 Å². The summed E-state index contributed by atoms with van der Waals surface area (Å²) in [5.74, 6) is -2.05. The van der Waals surface area contributed by atoms with Crippen LogP contribution >= 0.6 is 0 Å². The van der Waals surface area contributed by atoms with Gasteiger partial charge in [-0.1, -0.05) is 30.3 Å². The molecule has 0 aliphatic carbocycles. The van der Waals surface area contributed by atoms with Gasteiger partial charge in [0.2, 0.25) is 0 Å². The molecule has 0 radical (unpaired) electrons. The first-order chi connectivity index (χ1) is 20.7. The smallest absolute Gasteiger partial charge is 0.343 e. The minimum atomic E-state index is -0.806. The van der Waals surface area contributed by atoms with Crippen LogP contribution < -0.4 is 15.5 Å². The van der Waals surface area contributed by atoms with Crippen molar-refractivity contribution in [2.45, 2.75) is 0 Å². The first-order valence-corrected chi connectivity index (χ1v) is 12.4. The van der Waals surface area contributed by atoms with E-state index in [1.807, 2.05) is 0 Å². The van der Waals surface area contributed by atoms with Crippen LogP contribution in [0.3, 0.4) is 0 Å². The first kappa shape index (κ1) is 29.5. The van der Waals surface area contributed by atoms with E-state index in [4.69, 9.17) is 4.74 Å². The number of nitro groups is 2. The molecule has 0 bridgehead atoms. The van der Waals surface area contributed by atoms with Gasteiger partial charge in [0.15, 0.2) is 0 Å². The van der Waals surface area contributed by atoms with Gasteiger partial charge in [0.1, 0.15) is 11.4 Å². The van der Waals surface area contributed by atoms with E-state index in [1.165, 1.54) is 66.9 Å². The number of rotatable bonds is 10. The van der Waals surface area contributed by atoms with Crippen molar-refractivity contribution < 1.29 is 29.0 Å². The van der Waals surface area contributed by atoms with Crippen LogP contribution in [0.25, 0.3) is 6.08 Å². The number of benzene rings is 4. The van der Waals surface area contributed by atoms with Crippen molar-refractivity contribution in [3.8, 4) is 5.75 Å². The predicted molar refractivity (Wildman–Crippen MR) is 155 cm³/mol. The van der Waals surface area contributed by atoms with Crippen LogP contribution in [0, 0.1) is 20.2 Å². The number of hydrazone groups is 1. The Hall–Kier alpha value is -6.50. The Morgan fingerprint density at radius 2 is 1.30 bits per heavy atom. The van der Waals surface area contributed by atoms with Crippen LogP contribution in [0.4, 0.5) is 11.4 Å². The molecule has 0 heterocycles. The number of hydrogen-bond acceptors (Lipinski definition) is 9. The van der Waals surface area contributed by atoms with Crippen molar-refractivity contribution in [2.24, 2.45) is 5.10 Å². The van der Waals surface area contributed by atoms with Gasteiger partial charge in [-0.2, -0.15) is 5.10 Å². The number of para-hydroxylation sites is 1. The molecule has 2 N–H and O–H groups in total. The Morgan fingerprint density at radius 3 is 1.93 bits per heavy atom. The van der Waals surface area contributed by atoms with Gasteiger partial charge in [-0.25, -0.2) is 10.2 Å². The average molecular weight is 580 g/mol. The second-order valence-electron chi connectivity index (χ2n) is 8.66.